The lowest BCUT2D eigenvalue weighted by Crippen LogP contribution is -2.32. The summed E-state index contributed by atoms with van der Waals surface area (Å²) in [5.74, 6) is -0.925. The Bertz CT molecular complexity index is 291. The van der Waals surface area contributed by atoms with Crippen molar-refractivity contribution in [1.82, 2.24) is 5.32 Å². The molecule has 2 aliphatic rings. The Morgan fingerprint density at radius 3 is 3.23 bits per heavy atom. The van der Waals surface area contributed by atoms with Crippen LogP contribution in [0.3, 0.4) is 0 Å². The quantitative estimate of drug-likeness (QED) is 0.637. The monoisotopic (exact) mass is 179 g/mol. The van der Waals surface area contributed by atoms with Gasteiger partial charge >= 0.3 is 5.97 Å². The maximum atomic E-state index is 10.9. The van der Waals surface area contributed by atoms with Crippen molar-refractivity contribution in [3.63, 3.8) is 0 Å². The number of carboxylic acid groups (broad SMARTS) is 1. The van der Waals surface area contributed by atoms with E-state index in [1.54, 1.807) is 0 Å². The van der Waals surface area contributed by atoms with E-state index < -0.39 is 5.97 Å². The van der Waals surface area contributed by atoms with Crippen LogP contribution >= 0.6 is 0 Å². The van der Waals surface area contributed by atoms with Crippen molar-refractivity contribution in [2.45, 2.75) is 19.3 Å². The second-order valence-corrected chi connectivity index (χ2v) is 3.49. The van der Waals surface area contributed by atoms with Gasteiger partial charge in [0.05, 0.1) is 5.92 Å². The molecule has 0 aromatic rings. The van der Waals surface area contributed by atoms with Crippen molar-refractivity contribution in [2.75, 3.05) is 6.54 Å². The van der Waals surface area contributed by atoms with E-state index in [1.165, 1.54) is 0 Å². The molecule has 1 aliphatic carbocycles. The van der Waals surface area contributed by atoms with E-state index in [1.807, 2.05) is 6.08 Å². The number of allylic oxidation sites excluding steroid dienone is 2. The van der Waals surface area contributed by atoms with Gasteiger partial charge in [-0.3, -0.25) is 4.79 Å². The summed E-state index contributed by atoms with van der Waals surface area (Å²) in [5, 5.41) is 12.2. The minimum Gasteiger partial charge on any atom is -0.481 e. The molecular weight excluding hydrogens is 166 g/mol. The molecule has 0 radical (unpaired) electrons. The average Bonchev–Trinajstić information content (AvgIpc) is 2.17. The normalized spacial score (nSPS) is 26.6. The third kappa shape index (κ3) is 1.46. The summed E-state index contributed by atoms with van der Waals surface area (Å²) in [4.78, 5) is 10.9. The van der Waals surface area contributed by atoms with Gasteiger partial charge in [0.2, 0.25) is 0 Å². The molecule has 0 spiro atoms. The third-order valence-electron chi connectivity index (χ3n) is 2.68. The summed E-state index contributed by atoms with van der Waals surface area (Å²) in [7, 11) is 0. The number of aliphatic carboxylic acids is 1. The maximum Gasteiger partial charge on any atom is 0.310 e. The summed E-state index contributed by atoms with van der Waals surface area (Å²) < 4.78 is 0. The van der Waals surface area contributed by atoms with E-state index in [9.17, 15) is 4.79 Å². The number of carbonyl (C=O) groups is 1. The number of rotatable bonds is 1. The van der Waals surface area contributed by atoms with E-state index in [-0.39, 0.29) is 5.92 Å². The minimum atomic E-state index is -0.677. The zero-order valence-electron chi connectivity index (χ0n) is 7.42. The van der Waals surface area contributed by atoms with Crippen LogP contribution in [-0.4, -0.2) is 17.6 Å². The van der Waals surface area contributed by atoms with Crippen LogP contribution < -0.4 is 5.32 Å². The molecule has 0 aromatic heterocycles. The lowest BCUT2D eigenvalue weighted by Gasteiger charge is -2.27. The van der Waals surface area contributed by atoms with E-state index >= 15 is 0 Å². The van der Waals surface area contributed by atoms with Crippen LogP contribution in [0.1, 0.15) is 19.3 Å². The zero-order valence-corrected chi connectivity index (χ0v) is 7.42. The molecule has 0 bridgehead atoms. The number of carboxylic acids is 1. The fraction of sp³-hybridized carbons (Fsp3) is 0.500. The first-order valence-electron chi connectivity index (χ1n) is 4.65. The van der Waals surface area contributed by atoms with Crippen LogP contribution in [0.25, 0.3) is 0 Å². The number of hydrogen-bond acceptors (Lipinski definition) is 2. The van der Waals surface area contributed by atoms with E-state index in [0.717, 1.165) is 37.1 Å². The Balaban J connectivity index is 2.30. The number of hydrogen-bond donors (Lipinski definition) is 2. The molecule has 0 fully saturated rings. The van der Waals surface area contributed by atoms with Crippen molar-refractivity contribution in [2.24, 2.45) is 5.92 Å². The molecule has 2 N–H and O–H groups in total. The lowest BCUT2D eigenvalue weighted by molar-refractivity contribution is -0.140. The molecule has 70 valence electrons. The topological polar surface area (TPSA) is 49.3 Å². The van der Waals surface area contributed by atoms with Crippen molar-refractivity contribution in [3.8, 4) is 0 Å². The van der Waals surface area contributed by atoms with Gasteiger partial charge in [-0.05, 0) is 30.9 Å². The molecule has 2 rings (SSSR count). The van der Waals surface area contributed by atoms with Crippen molar-refractivity contribution in [3.05, 3.63) is 23.4 Å². The SMILES string of the molecule is O=C(O)C1CCNC2=C1CCC=C2. The third-order valence-corrected chi connectivity index (χ3v) is 2.68. The Kier molecular flexibility index (Phi) is 2.08. The highest BCUT2D eigenvalue weighted by atomic mass is 16.4. The molecule has 0 aromatic carbocycles. The summed E-state index contributed by atoms with van der Waals surface area (Å²) in [6, 6.07) is 0. The summed E-state index contributed by atoms with van der Waals surface area (Å²) in [5.41, 5.74) is 2.13. The predicted molar refractivity (Wildman–Crippen MR) is 49.1 cm³/mol. The molecular formula is C10H13NO2. The molecule has 3 nitrogen and oxygen atoms in total. The van der Waals surface area contributed by atoms with Crippen LogP contribution in [0.15, 0.2) is 23.4 Å². The highest BCUT2D eigenvalue weighted by molar-refractivity contribution is 5.74. The highest BCUT2D eigenvalue weighted by Gasteiger charge is 2.28. The first kappa shape index (κ1) is 8.35. The van der Waals surface area contributed by atoms with Crippen molar-refractivity contribution < 1.29 is 9.90 Å². The summed E-state index contributed by atoms with van der Waals surface area (Å²) in [6.45, 7) is 0.778. The second-order valence-electron chi connectivity index (χ2n) is 3.49. The van der Waals surface area contributed by atoms with Crippen LogP contribution in [-0.2, 0) is 4.79 Å². The standard InChI is InChI=1S/C10H13NO2/c12-10(13)8-5-6-11-9-4-2-1-3-7(8)9/h2,4,8,11H,1,3,5-6H2,(H,12,13). The van der Waals surface area contributed by atoms with Gasteiger partial charge in [0.15, 0.2) is 0 Å². The Labute approximate surface area is 77.1 Å². The first-order valence-corrected chi connectivity index (χ1v) is 4.65. The van der Waals surface area contributed by atoms with Crippen molar-refractivity contribution >= 4 is 5.97 Å². The smallest absolute Gasteiger partial charge is 0.310 e. The zero-order chi connectivity index (χ0) is 9.26. The molecule has 3 heteroatoms. The fourth-order valence-corrected chi connectivity index (χ4v) is 2.01. The van der Waals surface area contributed by atoms with E-state index in [4.69, 9.17) is 5.11 Å². The van der Waals surface area contributed by atoms with Gasteiger partial charge in [-0.1, -0.05) is 6.08 Å². The Morgan fingerprint density at radius 2 is 2.46 bits per heavy atom. The molecule has 0 saturated heterocycles. The minimum absolute atomic E-state index is 0.249. The van der Waals surface area contributed by atoms with Gasteiger partial charge in [0, 0.05) is 12.2 Å². The maximum absolute atomic E-state index is 10.9. The number of nitrogens with one attached hydrogen (secondary N) is 1. The molecule has 0 amide bonds. The summed E-state index contributed by atoms with van der Waals surface area (Å²) >= 11 is 0. The van der Waals surface area contributed by atoms with Gasteiger partial charge in [-0.2, -0.15) is 0 Å². The van der Waals surface area contributed by atoms with Crippen LogP contribution in [0.2, 0.25) is 0 Å². The first-order chi connectivity index (χ1) is 6.29. The molecule has 1 atom stereocenters. The van der Waals surface area contributed by atoms with Gasteiger partial charge in [0.1, 0.15) is 0 Å². The molecule has 13 heavy (non-hydrogen) atoms. The Hall–Kier alpha value is -1.25. The van der Waals surface area contributed by atoms with E-state index in [0.29, 0.717) is 0 Å². The van der Waals surface area contributed by atoms with Gasteiger partial charge in [-0.15, -0.1) is 0 Å². The van der Waals surface area contributed by atoms with Crippen molar-refractivity contribution in [1.29, 1.82) is 0 Å². The summed E-state index contributed by atoms with van der Waals surface area (Å²) in [6.07, 6.45) is 6.70. The second kappa shape index (κ2) is 3.24. The fourth-order valence-electron chi connectivity index (χ4n) is 2.01. The molecule has 1 heterocycles. The van der Waals surface area contributed by atoms with Crippen LogP contribution in [0.4, 0.5) is 0 Å². The lowest BCUT2D eigenvalue weighted by atomic mass is 9.85. The van der Waals surface area contributed by atoms with Gasteiger partial charge < -0.3 is 10.4 Å². The molecule has 0 saturated carbocycles. The molecule has 1 unspecified atom stereocenters. The van der Waals surface area contributed by atoms with Gasteiger partial charge in [-0.25, -0.2) is 0 Å². The van der Waals surface area contributed by atoms with Gasteiger partial charge in [0.25, 0.3) is 0 Å². The Morgan fingerprint density at radius 1 is 1.62 bits per heavy atom. The molecule has 1 aliphatic heterocycles. The van der Waals surface area contributed by atoms with Crippen LogP contribution in [0.5, 0.6) is 0 Å². The predicted octanol–water partition coefficient (Wildman–Crippen LogP) is 1.28. The highest BCUT2D eigenvalue weighted by Crippen LogP contribution is 2.29. The van der Waals surface area contributed by atoms with E-state index in [2.05, 4.69) is 11.4 Å². The van der Waals surface area contributed by atoms with Crippen LogP contribution in [0, 0.1) is 5.92 Å². The largest absolute Gasteiger partial charge is 0.481 e. The average molecular weight is 179 g/mol.